The number of nitrogens with zero attached hydrogens (tertiary/aromatic N) is 1. The minimum absolute atomic E-state index is 0.0907. The second-order valence-corrected chi connectivity index (χ2v) is 5.90. The predicted molar refractivity (Wildman–Crippen MR) is 90.6 cm³/mol. The zero-order valence-electron chi connectivity index (χ0n) is 13.4. The molecular weight excluding hydrogens is 288 g/mol. The molecule has 0 radical (unpaired) electrons. The SMILES string of the molecule is C[C@@H]1CN(C(=O)c2ccc(OCc3ccccc3)cc2)CCN1. The van der Waals surface area contributed by atoms with Crippen LogP contribution in [-0.4, -0.2) is 36.5 Å². The van der Waals surface area contributed by atoms with E-state index in [2.05, 4.69) is 12.2 Å². The van der Waals surface area contributed by atoms with Gasteiger partial charge < -0.3 is 15.0 Å². The van der Waals surface area contributed by atoms with E-state index < -0.39 is 0 Å². The van der Waals surface area contributed by atoms with Crippen LogP contribution >= 0.6 is 0 Å². The summed E-state index contributed by atoms with van der Waals surface area (Å²) in [6, 6.07) is 17.8. The molecule has 23 heavy (non-hydrogen) atoms. The molecule has 1 fully saturated rings. The summed E-state index contributed by atoms with van der Waals surface area (Å²) in [7, 11) is 0. The van der Waals surface area contributed by atoms with Crippen molar-refractivity contribution in [3.8, 4) is 5.75 Å². The van der Waals surface area contributed by atoms with Crippen LogP contribution in [0.25, 0.3) is 0 Å². The van der Waals surface area contributed by atoms with Crippen molar-refractivity contribution < 1.29 is 9.53 Å². The summed E-state index contributed by atoms with van der Waals surface area (Å²) < 4.78 is 5.75. The molecule has 1 N–H and O–H groups in total. The highest BCUT2D eigenvalue weighted by Crippen LogP contribution is 2.16. The van der Waals surface area contributed by atoms with Gasteiger partial charge in [0.1, 0.15) is 12.4 Å². The topological polar surface area (TPSA) is 41.6 Å². The lowest BCUT2D eigenvalue weighted by atomic mass is 10.1. The average Bonchev–Trinajstić information content (AvgIpc) is 2.61. The summed E-state index contributed by atoms with van der Waals surface area (Å²) >= 11 is 0. The van der Waals surface area contributed by atoms with Crippen molar-refractivity contribution in [2.75, 3.05) is 19.6 Å². The van der Waals surface area contributed by atoms with Crippen molar-refractivity contribution in [2.24, 2.45) is 0 Å². The number of piperazine rings is 1. The van der Waals surface area contributed by atoms with Crippen LogP contribution in [0.15, 0.2) is 54.6 Å². The van der Waals surface area contributed by atoms with Gasteiger partial charge in [-0.25, -0.2) is 0 Å². The third-order valence-corrected chi connectivity index (χ3v) is 4.01. The van der Waals surface area contributed by atoms with Gasteiger partial charge in [0, 0.05) is 31.2 Å². The molecule has 1 saturated heterocycles. The lowest BCUT2D eigenvalue weighted by Gasteiger charge is -2.32. The normalized spacial score (nSPS) is 17.8. The van der Waals surface area contributed by atoms with Crippen LogP contribution in [-0.2, 0) is 6.61 Å². The summed E-state index contributed by atoms with van der Waals surface area (Å²) in [5, 5.41) is 3.35. The quantitative estimate of drug-likeness (QED) is 0.944. The number of ether oxygens (including phenoxy) is 1. The fraction of sp³-hybridized carbons (Fsp3) is 0.316. The smallest absolute Gasteiger partial charge is 0.253 e. The summed E-state index contributed by atoms with van der Waals surface area (Å²) in [5.41, 5.74) is 1.84. The highest BCUT2D eigenvalue weighted by molar-refractivity contribution is 5.94. The van der Waals surface area contributed by atoms with Crippen LogP contribution in [0, 0.1) is 0 Å². The first kappa shape index (κ1) is 15.6. The van der Waals surface area contributed by atoms with E-state index in [1.165, 1.54) is 0 Å². The van der Waals surface area contributed by atoms with Crippen LogP contribution in [0.3, 0.4) is 0 Å². The number of hydrogen-bond acceptors (Lipinski definition) is 3. The van der Waals surface area contributed by atoms with E-state index in [-0.39, 0.29) is 5.91 Å². The van der Waals surface area contributed by atoms with Crippen LogP contribution in [0.1, 0.15) is 22.8 Å². The minimum atomic E-state index is 0.0907. The highest BCUT2D eigenvalue weighted by Gasteiger charge is 2.21. The number of rotatable bonds is 4. The summed E-state index contributed by atoms with van der Waals surface area (Å²) in [4.78, 5) is 14.4. The van der Waals surface area contributed by atoms with E-state index in [4.69, 9.17) is 4.74 Å². The molecule has 0 aromatic heterocycles. The van der Waals surface area contributed by atoms with Crippen molar-refractivity contribution in [3.63, 3.8) is 0 Å². The molecule has 0 spiro atoms. The van der Waals surface area contributed by atoms with Gasteiger partial charge in [-0.15, -0.1) is 0 Å². The Balaban J connectivity index is 1.59. The van der Waals surface area contributed by atoms with Gasteiger partial charge in [0.25, 0.3) is 5.91 Å². The Bertz CT molecular complexity index is 640. The lowest BCUT2D eigenvalue weighted by Crippen LogP contribution is -2.51. The Kier molecular flexibility index (Phi) is 4.93. The number of hydrogen-bond donors (Lipinski definition) is 1. The summed E-state index contributed by atoms with van der Waals surface area (Å²) in [6.07, 6.45) is 0. The van der Waals surface area contributed by atoms with Crippen molar-refractivity contribution in [2.45, 2.75) is 19.6 Å². The summed E-state index contributed by atoms with van der Waals surface area (Å²) in [6.45, 7) is 5.00. The molecule has 1 atom stereocenters. The number of nitrogens with one attached hydrogen (secondary N) is 1. The molecule has 0 aliphatic carbocycles. The Morgan fingerprint density at radius 3 is 2.61 bits per heavy atom. The van der Waals surface area contributed by atoms with Crippen LogP contribution in [0.5, 0.6) is 5.75 Å². The Morgan fingerprint density at radius 2 is 1.91 bits per heavy atom. The van der Waals surface area contributed by atoms with Gasteiger partial charge in [0.2, 0.25) is 0 Å². The molecule has 2 aromatic carbocycles. The van der Waals surface area contributed by atoms with Crippen molar-refractivity contribution >= 4 is 5.91 Å². The molecule has 4 heteroatoms. The first-order valence-electron chi connectivity index (χ1n) is 8.02. The maximum Gasteiger partial charge on any atom is 0.253 e. The molecule has 1 aliphatic rings. The molecular formula is C19H22N2O2. The van der Waals surface area contributed by atoms with E-state index in [0.29, 0.717) is 18.2 Å². The van der Waals surface area contributed by atoms with Crippen molar-refractivity contribution in [3.05, 3.63) is 65.7 Å². The molecule has 1 aliphatic heterocycles. The second kappa shape index (κ2) is 7.29. The monoisotopic (exact) mass is 310 g/mol. The molecule has 1 heterocycles. The van der Waals surface area contributed by atoms with E-state index in [1.807, 2.05) is 59.5 Å². The maximum atomic E-state index is 12.5. The number of carbonyl (C=O) groups is 1. The van der Waals surface area contributed by atoms with Gasteiger partial charge in [-0.05, 0) is 36.8 Å². The Labute approximate surface area is 137 Å². The first-order valence-corrected chi connectivity index (χ1v) is 8.02. The van der Waals surface area contributed by atoms with Gasteiger partial charge in [-0.2, -0.15) is 0 Å². The zero-order chi connectivity index (χ0) is 16.1. The predicted octanol–water partition coefficient (Wildman–Crippen LogP) is 2.70. The first-order chi connectivity index (χ1) is 11.2. The van der Waals surface area contributed by atoms with Crippen LogP contribution < -0.4 is 10.1 Å². The molecule has 0 saturated carbocycles. The van der Waals surface area contributed by atoms with E-state index >= 15 is 0 Å². The number of carbonyl (C=O) groups excluding carboxylic acids is 1. The molecule has 3 rings (SSSR count). The second-order valence-electron chi connectivity index (χ2n) is 5.90. The lowest BCUT2D eigenvalue weighted by molar-refractivity contribution is 0.0709. The van der Waals surface area contributed by atoms with Crippen LogP contribution in [0.2, 0.25) is 0 Å². The fourth-order valence-corrected chi connectivity index (χ4v) is 2.73. The third kappa shape index (κ3) is 4.11. The Hall–Kier alpha value is -2.33. The molecule has 0 unspecified atom stereocenters. The Morgan fingerprint density at radius 1 is 1.17 bits per heavy atom. The third-order valence-electron chi connectivity index (χ3n) is 4.01. The largest absolute Gasteiger partial charge is 0.489 e. The van der Waals surface area contributed by atoms with Gasteiger partial charge in [0.15, 0.2) is 0 Å². The van der Waals surface area contributed by atoms with Crippen molar-refractivity contribution in [1.29, 1.82) is 0 Å². The molecule has 2 aromatic rings. The molecule has 120 valence electrons. The maximum absolute atomic E-state index is 12.5. The fourth-order valence-electron chi connectivity index (χ4n) is 2.73. The molecule has 1 amide bonds. The highest BCUT2D eigenvalue weighted by atomic mass is 16.5. The van der Waals surface area contributed by atoms with Crippen molar-refractivity contribution in [1.82, 2.24) is 10.2 Å². The van der Waals surface area contributed by atoms with E-state index in [0.717, 1.165) is 30.9 Å². The minimum Gasteiger partial charge on any atom is -0.489 e. The standard InChI is InChI=1S/C19H22N2O2/c1-15-13-21(12-11-20-15)19(22)17-7-9-18(10-8-17)23-14-16-5-3-2-4-6-16/h2-10,15,20H,11-14H2,1H3/t15-/m1/s1. The average molecular weight is 310 g/mol. The molecule has 0 bridgehead atoms. The van der Waals surface area contributed by atoms with Gasteiger partial charge in [-0.1, -0.05) is 30.3 Å². The van der Waals surface area contributed by atoms with Gasteiger partial charge >= 0.3 is 0 Å². The number of benzene rings is 2. The van der Waals surface area contributed by atoms with Gasteiger partial charge in [0.05, 0.1) is 0 Å². The van der Waals surface area contributed by atoms with E-state index in [1.54, 1.807) is 0 Å². The van der Waals surface area contributed by atoms with E-state index in [9.17, 15) is 4.79 Å². The van der Waals surface area contributed by atoms with Crippen LogP contribution in [0.4, 0.5) is 0 Å². The zero-order valence-corrected chi connectivity index (χ0v) is 13.4. The molecule has 4 nitrogen and oxygen atoms in total. The number of amides is 1. The summed E-state index contributed by atoms with van der Waals surface area (Å²) in [5.74, 6) is 0.868. The van der Waals surface area contributed by atoms with Gasteiger partial charge in [-0.3, -0.25) is 4.79 Å².